The van der Waals surface area contributed by atoms with E-state index in [0.29, 0.717) is 16.5 Å². The number of ether oxygens (including phenoxy) is 1. The number of rotatable bonds is 4. The summed E-state index contributed by atoms with van der Waals surface area (Å²) >= 11 is 1.96. The van der Waals surface area contributed by atoms with E-state index < -0.39 is 17.8 Å². The van der Waals surface area contributed by atoms with E-state index in [1.807, 2.05) is 52.9 Å². The molecule has 1 amide bonds. The third-order valence-electron chi connectivity index (χ3n) is 4.12. The summed E-state index contributed by atoms with van der Waals surface area (Å²) in [5.74, 6) is -1.21. The molecule has 3 rings (SSSR count). The number of benzene rings is 2. The monoisotopic (exact) mass is 453 g/mol. The van der Waals surface area contributed by atoms with Gasteiger partial charge in [0.15, 0.2) is 0 Å². The quantitative estimate of drug-likeness (QED) is 0.523. The van der Waals surface area contributed by atoms with Crippen LogP contribution < -0.4 is 0 Å². The van der Waals surface area contributed by atoms with E-state index in [9.17, 15) is 14.0 Å². The zero-order valence-corrected chi connectivity index (χ0v) is 15.6. The summed E-state index contributed by atoms with van der Waals surface area (Å²) in [6, 6.07) is 13.0. The Morgan fingerprint density at radius 1 is 1.20 bits per heavy atom. The van der Waals surface area contributed by atoms with Crippen LogP contribution in [-0.4, -0.2) is 29.4 Å². The average molecular weight is 453 g/mol. The van der Waals surface area contributed by atoms with Gasteiger partial charge in [0.05, 0.1) is 0 Å². The van der Waals surface area contributed by atoms with Crippen LogP contribution in [0, 0.1) is 9.39 Å². The van der Waals surface area contributed by atoms with Crippen molar-refractivity contribution in [2.45, 2.75) is 25.5 Å². The first-order valence-corrected chi connectivity index (χ1v) is 9.10. The predicted octanol–water partition coefficient (Wildman–Crippen LogP) is 3.78. The van der Waals surface area contributed by atoms with Crippen molar-refractivity contribution in [1.29, 1.82) is 0 Å². The Bertz CT molecular complexity index is 761. The Balaban J connectivity index is 1.69. The van der Waals surface area contributed by atoms with Crippen LogP contribution >= 0.6 is 22.6 Å². The van der Waals surface area contributed by atoms with Crippen molar-refractivity contribution in [2.75, 3.05) is 6.54 Å². The molecular formula is C19H17FINO3. The summed E-state index contributed by atoms with van der Waals surface area (Å²) in [7, 11) is 0. The first-order valence-electron chi connectivity index (χ1n) is 8.02. The minimum absolute atomic E-state index is 0.177. The summed E-state index contributed by atoms with van der Waals surface area (Å²) in [4.78, 5) is 26.6. The Morgan fingerprint density at radius 3 is 2.68 bits per heavy atom. The summed E-state index contributed by atoms with van der Waals surface area (Å²) < 4.78 is 19.6. The highest BCUT2D eigenvalue weighted by atomic mass is 127. The van der Waals surface area contributed by atoms with Gasteiger partial charge in [0.25, 0.3) is 5.91 Å². The van der Waals surface area contributed by atoms with Crippen molar-refractivity contribution in [3.05, 3.63) is 69.0 Å². The molecule has 0 N–H and O–H groups in total. The minimum atomic E-state index is -0.614. The first kappa shape index (κ1) is 17.8. The molecule has 6 heteroatoms. The number of hydrogen-bond donors (Lipinski definition) is 0. The number of hydrogen-bond acceptors (Lipinski definition) is 3. The van der Waals surface area contributed by atoms with Crippen LogP contribution in [0.2, 0.25) is 0 Å². The molecule has 25 heavy (non-hydrogen) atoms. The number of carbonyl (C=O) groups excluding carboxylic acids is 2. The molecule has 4 nitrogen and oxygen atoms in total. The zero-order chi connectivity index (χ0) is 17.8. The molecule has 0 unspecified atom stereocenters. The minimum Gasteiger partial charge on any atom is -0.459 e. The molecule has 0 aromatic heterocycles. The lowest BCUT2D eigenvalue weighted by molar-refractivity contribution is -0.149. The number of nitrogens with zero attached hydrogens (tertiary/aromatic N) is 1. The smallest absolute Gasteiger partial charge is 0.329 e. The lowest BCUT2D eigenvalue weighted by Gasteiger charge is -2.23. The van der Waals surface area contributed by atoms with Crippen molar-refractivity contribution < 1.29 is 18.7 Å². The van der Waals surface area contributed by atoms with Crippen LogP contribution in [0.5, 0.6) is 0 Å². The molecule has 0 radical (unpaired) electrons. The SMILES string of the molecule is O=C(OCc1ccccc1)[C@@H]1CCCN1C(=O)c1cc(F)cc(I)c1. The van der Waals surface area contributed by atoms with Gasteiger partial charge in [-0.1, -0.05) is 30.3 Å². The maximum atomic E-state index is 13.6. The molecule has 1 heterocycles. The van der Waals surface area contributed by atoms with Crippen molar-refractivity contribution in [3.63, 3.8) is 0 Å². The average Bonchev–Trinajstić information content (AvgIpc) is 3.09. The molecule has 1 saturated heterocycles. The van der Waals surface area contributed by atoms with Crippen LogP contribution in [0.3, 0.4) is 0 Å². The normalized spacial score (nSPS) is 16.7. The summed E-state index contributed by atoms with van der Waals surface area (Å²) in [6.07, 6.45) is 1.29. The van der Waals surface area contributed by atoms with Gasteiger partial charge in [-0.15, -0.1) is 0 Å². The van der Waals surface area contributed by atoms with E-state index in [0.717, 1.165) is 12.0 Å². The molecule has 0 aliphatic carbocycles. The molecule has 1 aliphatic rings. The zero-order valence-electron chi connectivity index (χ0n) is 13.5. The third kappa shape index (κ3) is 4.36. The van der Waals surface area contributed by atoms with Gasteiger partial charge < -0.3 is 9.64 Å². The highest BCUT2D eigenvalue weighted by molar-refractivity contribution is 14.1. The van der Waals surface area contributed by atoms with Gasteiger partial charge >= 0.3 is 5.97 Å². The predicted molar refractivity (Wildman–Crippen MR) is 99.4 cm³/mol. The van der Waals surface area contributed by atoms with Gasteiger partial charge in [-0.25, -0.2) is 9.18 Å². The Morgan fingerprint density at radius 2 is 1.96 bits per heavy atom. The maximum Gasteiger partial charge on any atom is 0.329 e. The second-order valence-electron chi connectivity index (χ2n) is 5.91. The fraction of sp³-hybridized carbons (Fsp3) is 0.263. The van der Waals surface area contributed by atoms with E-state index in [-0.39, 0.29) is 18.1 Å². The molecule has 1 atom stereocenters. The summed E-state index contributed by atoms with van der Waals surface area (Å²) in [5, 5.41) is 0. The number of esters is 1. The van der Waals surface area contributed by atoms with Crippen LogP contribution in [0.1, 0.15) is 28.8 Å². The molecule has 2 aromatic carbocycles. The molecule has 0 bridgehead atoms. The van der Waals surface area contributed by atoms with Crippen molar-refractivity contribution in [3.8, 4) is 0 Å². The van der Waals surface area contributed by atoms with Gasteiger partial charge in [-0.2, -0.15) is 0 Å². The second kappa shape index (κ2) is 7.95. The van der Waals surface area contributed by atoms with Crippen LogP contribution in [0.25, 0.3) is 0 Å². The van der Waals surface area contributed by atoms with E-state index >= 15 is 0 Å². The topological polar surface area (TPSA) is 46.6 Å². The van der Waals surface area contributed by atoms with Gasteiger partial charge in [0.2, 0.25) is 0 Å². The number of likely N-dealkylation sites (tertiary alicyclic amines) is 1. The Hall–Kier alpha value is -1.96. The molecule has 130 valence electrons. The standard InChI is InChI=1S/C19H17FINO3/c20-15-9-14(10-16(21)11-15)18(23)22-8-4-7-17(22)19(24)25-12-13-5-2-1-3-6-13/h1-3,5-6,9-11,17H,4,7-8,12H2/t17-/m0/s1. The number of amides is 1. The van der Waals surface area contributed by atoms with E-state index in [1.165, 1.54) is 17.0 Å². The van der Waals surface area contributed by atoms with E-state index in [1.54, 1.807) is 6.07 Å². The largest absolute Gasteiger partial charge is 0.459 e. The summed E-state index contributed by atoms with van der Waals surface area (Å²) in [6.45, 7) is 0.646. The fourth-order valence-corrected chi connectivity index (χ4v) is 3.56. The Kier molecular flexibility index (Phi) is 5.67. The van der Waals surface area contributed by atoms with Crippen molar-refractivity contribution in [2.24, 2.45) is 0 Å². The second-order valence-corrected chi connectivity index (χ2v) is 7.15. The number of halogens is 2. The molecule has 1 aliphatic heterocycles. The van der Waals surface area contributed by atoms with Crippen LogP contribution in [0.15, 0.2) is 48.5 Å². The third-order valence-corrected chi connectivity index (χ3v) is 4.74. The van der Waals surface area contributed by atoms with Crippen molar-refractivity contribution >= 4 is 34.5 Å². The van der Waals surface area contributed by atoms with Crippen LogP contribution in [-0.2, 0) is 16.1 Å². The van der Waals surface area contributed by atoms with Gasteiger partial charge in [-0.3, -0.25) is 4.79 Å². The molecular weight excluding hydrogens is 436 g/mol. The summed E-state index contributed by atoms with van der Waals surface area (Å²) in [5.41, 5.74) is 1.15. The number of carbonyl (C=O) groups is 2. The van der Waals surface area contributed by atoms with E-state index in [4.69, 9.17) is 4.74 Å². The van der Waals surface area contributed by atoms with Gasteiger partial charge in [-0.05, 0) is 59.2 Å². The van der Waals surface area contributed by atoms with Gasteiger partial charge in [0.1, 0.15) is 18.5 Å². The molecule has 1 fully saturated rings. The fourth-order valence-electron chi connectivity index (χ4n) is 2.92. The molecule has 0 saturated carbocycles. The van der Waals surface area contributed by atoms with Crippen molar-refractivity contribution in [1.82, 2.24) is 4.90 Å². The molecule has 2 aromatic rings. The first-order chi connectivity index (χ1) is 12.0. The van der Waals surface area contributed by atoms with Gasteiger partial charge in [0, 0.05) is 15.7 Å². The Labute approximate surface area is 159 Å². The lowest BCUT2D eigenvalue weighted by atomic mass is 10.1. The molecule has 0 spiro atoms. The lowest BCUT2D eigenvalue weighted by Crippen LogP contribution is -2.41. The highest BCUT2D eigenvalue weighted by Gasteiger charge is 2.35. The van der Waals surface area contributed by atoms with Crippen LogP contribution in [0.4, 0.5) is 4.39 Å². The highest BCUT2D eigenvalue weighted by Crippen LogP contribution is 2.23. The van der Waals surface area contributed by atoms with E-state index in [2.05, 4.69) is 0 Å². The maximum absolute atomic E-state index is 13.6.